The standard InChI is InChI=1S/C27H26N4OS/c1-2-20-12-14-22(15-13-20)32-17-7-16-31-19-21(23-8-3-5-10-25(23)31)18-28-30-27-29-24-9-4-6-11-26(24)33-27/h3-6,8-15,18-19H,2,7,16-17H2,1H3,(H,29,30). The normalized spacial score (nSPS) is 11.5. The first kappa shape index (κ1) is 21.2. The topological polar surface area (TPSA) is 51.4 Å². The number of fused-ring (bicyclic) bond motifs is 2. The van der Waals surface area contributed by atoms with Crippen molar-refractivity contribution in [1.29, 1.82) is 0 Å². The summed E-state index contributed by atoms with van der Waals surface area (Å²) in [5.74, 6) is 0.929. The van der Waals surface area contributed by atoms with E-state index in [9.17, 15) is 0 Å². The van der Waals surface area contributed by atoms with Crippen molar-refractivity contribution in [3.8, 4) is 5.75 Å². The summed E-state index contributed by atoms with van der Waals surface area (Å²) in [5, 5.41) is 6.43. The largest absolute Gasteiger partial charge is 0.494 e. The lowest BCUT2D eigenvalue weighted by atomic mass is 10.2. The van der Waals surface area contributed by atoms with E-state index >= 15 is 0 Å². The molecule has 0 aliphatic heterocycles. The molecule has 0 radical (unpaired) electrons. The second-order valence-corrected chi connectivity index (χ2v) is 8.88. The van der Waals surface area contributed by atoms with E-state index in [1.165, 1.54) is 16.5 Å². The quantitative estimate of drug-likeness (QED) is 0.153. The van der Waals surface area contributed by atoms with Gasteiger partial charge in [0.2, 0.25) is 5.13 Å². The van der Waals surface area contributed by atoms with Crippen LogP contribution in [0.2, 0.25) is 0 Å². The third kappa shape index (κ3) is 4.91. The summed E-state index contributed by atoms with van der Waals surface area (Å²) in [7, 11) is 0. The van der Waals surface area contributed by atoms with Gasteiger partial charge in [-0.05, 0) is 48.7 Å². The number of rotatable bonds is 9. The third-order valence-electron chi connectivity index (χ3n) is 5.62. The predicted molar refractivity (Wildman–Crippen MR) is 139 cm³/mol. The van der Waals surface area contributed by atoms with Crippen LogP contribution < -0.4 is 10.2 Å². The first-order valence-corrected chi connectivity index (χ1v) is 12.1. The molecule has 5 aromatic rings. The van der Waals surface area contributed by atoms with Gasteiger partial charge in [0, 0.05) is 29.2 Å². The van der Waals surface area contributed by atoms with Crippen molar-refractivity contribution in [2.24, 2.45) is 5.10 Å². The molecule has 5 rings (SSSR count). The van der Waals surface area contributed by atoms with Crippen molar-refractivity contribution in [1.82, 2.24) is 9.55 Å². The van der Waals surface area contributed by atoms with Gasteiger partial charge in [0.1, 0.15) is 5.75 Å². The molecule has 0 aliphatic rings. The Bertz CT molecular complexity index is 1350. The smallest absolute Gasteiger partial charge is 0.204 e. The molecule has 0 atom stereocenters. The minimum Gasteiger partial charge on any atom is -0.494 e. The average Bonchev–Trinajstić information content (AvgIpc) is 3.43. The van der Waals surface area contributed by atoms with Crippen LogP contribution in [0.3, 0.4) is 0 Å². The zero-order valence-electron chi connectivity index (χ0n) is 18.6. The zero-order chi connectivity index (χ0) is 22.5. The molecule has 0 aliphatic carbocycles. The molecule has 3 aromatic carbocycles. The Morgan fingerprint density at radius 1 is 1.03 bits per heavy atom. The van der Waals surface area contributed by atoms with E-state index in [2.05, 4.69) is 87.8 Å². The zero-order valence-corrected chi connectivity index (χ0v) is 19.4. The molecule has 2 aromatic heterocycles. The molecule has 0 bridgehead atoms. The van der Waals surface area contributed by atoms with Gasteiger partial charge in [0.25, 0.3) is 0 Å². The van der Waals surface area contributed by atoms with Crippen LogP contribution in [0.4, 0.5) is 5.13 Å². The van der Waals surface area contributed by atoms with E-state index in [1.54, 1.807) is 11.3 Å². The maximum Gasteiger partial charge on any atom is 0.204 e. The van der Waals surface area contributed by atoms with Crippen LogP contribution in [0.25, 0.3) is 21.1 Å². The highest BCUT2D eigenvalue weighted by atomic mass is 32.1. The van der Waals surface area contributed by atoms with Crippen molar-refractivity contribution in [3.05, 3.63) is 90.1 Å². The number of hydrazone groups is 1. The van der Waals surface area contributed by atoms with E-state index in [-0.39, 0.29) is 0 Å². The second kappa shape index (κ2) is 9.88. The number of anilines is 1. The summed E-state index contributed by atoms with van der Waals surface area (Å²) < 4.78 is 9.35. The molecular formula is C27H26N4OS. The molecule has 0 saturated heterocycles. The number of aromatic nitrogens is 2. The maximum atomic E-state index is 5.93. The summed E-state index contributed by atoms with van der Waals surface area (Å²) in [6, 6.07) is 24.9. The highest BCUT2D eigenvalue weighted by molar-refractivity contribution is 7.22. The fourth-order valence-corrected chi connectivity index (χ4v) is 4.70. The number of para-hydroxylation sites is 2. The SMILES string of the molecule is CCc1ccc(OCCCn2cc(C=NNc3nc4ccccc4s3)c3ccccc32)cc1. The Kier molecular flexibility index (Phi) is 6.35. The van der Waals surface area contributed by atoms with Gasteiger partial charge in [0.15, 0.2) is 0 Å². The molecule has 6 heteroatoms. The lowest BCUT2D eigenvalue weighted by Gasteiger charge is -2.08. The van der Waals surface area contributed by atoms with Gasteiger partial charge < -0.3 is 9.30 Å². The number of aryl methyl sites for hydroxylation is 2. The van der Waals surface area contributed by atoms with Crippen LogP contribution in [0.15, 0.2) is 84.1 Å². The number of hydrogen-bond donors (Lipinski definition) is 1. The van der Waals surface area contributed by atoms with E-state index in [0.717, 1.165) is 46.0 Å². The van der Waals surface area contributed by atoms with E-state index in [0.29, 0.717) is 6.61 Å². The number of nitrogens with one attached hydrogen (secondary N) is 1. The van der Waals surface area contributed by atoms with Crippen LogP contribution in [0, 0.1) is 0 Å². The summed E-state index contributed by atoms with van der Waals surface area (Å²) in [4.78, 5) is 4.57. The van der Waals surface area contributed by atoms with Crippen molar-refractivity contribution < 1.29 is 4.74 Å². The Labute approximate surface area is 197 Å². The van der Waals surface area contributed by atoms with Gasteiger partial charge >= 0.3 is 0 Å². The fourth-order valence-electron chi connectivity index (χ4n) is 3.89. The monoisotopic (exact) mass is 454 g/mol. The molecule has 1 N–H and O–H groups in total. The summed E-state index contributed by atoms with van der Waals surface area (Å²) in [6.07, 6.45) is 6.00. The summed E-state index contributed by atoms with van der Waals surface area (Å²) in [5.41, 5.74) is 7.68. The molecule has 33 heavy (non-hydrogen) atoms. The second-order valence-electron chi connectivity index (χ2n) is 7.85. The molecular weight excluding hydrogens is 428 g/mol. The van der Waals surface area contributed by atoms with Crippen LogP contribution >= 0.6 is 11.3 Å². The first-order valence-electron chi connectivity index (χ1n) is 11.2. The lowest BCUT2D eigenvalue weighted by Crippen LogP contribution is -2.03. The maximum absolute atomic E-state index is 5.93. The Balaban J connectivity index is 1.23. The molecule has 166 valence electrons. The number of nitrogens with zero attached hydrogens (tertiary/aromatic N) is 3. The fraction of sp³-hybridized carbons (Fsp3) is 0.185. The summed E-state index contributed by atoms with van der Waals surface area (Å²) in [6.45, 7) is 3.72. The van der Waals surface area contributed by atoms with Gasteiger partial charge in [-0.25, -0.2) is 4.98 Å². The molecule has 0 amide bonds. The molecule has 0 unspecified atom stereocenters. The lowest BCUT2D eigenvalue weighted by molar-refractivity contribution is 0.302. The van der Waals surface area contributed by atoms with Crippen LogP contribution in [0.1, 0.15) is 24.5 Å². The van der Waals surface area contributed by atoms with Gasteiger partial charge in [-0.2, -0.15) is 5.10 Å². The molecule has 5 nitrogen and oxygen atoms in total. The highest BCUT2D eigenvalue weighted by Gasteiger charge is 2.07. The highest BCUT2D eigenvalue weighted by Crippen LogP contribution is 2.25. The third-order valence-corrected chi connectivity index (χ3v) is 6.56. The Morgan fingerprint density at radius 2 is 1.85 bits per heavy atom. The minimum absolute atomic E-state index is 0.681. The van der Waals surface area contributed by atoms with Crippen LogP contribution in [-0.4, -0.2) is 22.4 Å². The van der Waals surface area contributed by atoms with Crippen LogP contribution in [0.5, 0.6) is 5.75 Å². The summed E-state index contributed by atoms with van der Waals surface area (Å²) >= 11 is 1.60. The minimum atomic E-state index is 0.681. The molecule has 0 saturated carbocycles. The van der Waals surface area contributed by atoms with E-state index < -0.39 is 0 Å². The van der Waals surface area contributed by atoms with Gasteiger partial charge in [0.05, 0.1) is 23.0 Å². The first-order chi connectivity index (χ1) is 16.3. The Morgan fingerprint density at radius 3 is 2.70 bits per heavy atom. The number of thiazole rings is 1. The van der Waals surface area contributed by atoms with E-state index in [1.807, 2.05) is 24.4 Å². The molecule has 0 spiro atoms. The average molecular weight is 455 g/mol. The predicted octanol–water partition coefficient (Wildman–Crippen LogP) is 6.73. The van der Waals surface area contributed by atoms with Crippen molar-refractivity contribution in [3.63, 3.8) is 0 Å². The number of benzene rings is 3. The van der Waals surface area contributed by atoms with Gasteiger partial charge in [-0.1, -0.05) is 60.7 Å². The van der Waals surface area contributed by atoms with Crippen molar-refractivity contribution in [2.75, 3.05) is 12.0 Å². The van der Waals surface area contributed by atoms with Gasteiger partial charge in [-0.15, -0.1) is 0 Å². The van der Waals surface area contributed by atoms with Crippen molar-refractivity contribution >= 4 is 43.8 Å². The number of hydrogen-bond acceptors (Lipinski definition) is 5. The Hall–Kier alpha value is -3.64. The van der Waals surface area contributed by atoms with Crippen molar-refractivity contribution in [2.45, 2.75) is 26.3 Å². The van der Waals surface area contributed by atoms with Crippen LogP contribution in [-0.2, 0) is 13.0 Å². The van der Waals surface area contributed by atoms with E-state index in [4.69, 9.17) is 4.74 Å². The van der Waals surface area contributed by atoms with Gasteiger partial charge in [-0.3, -0.25) is 5.43 Å². The molecule has 2 heterocycles. The molecule has 0 fully saturated rings. The number of ether oxygens (including phenoxy) is 1.